The standard InChI is InChI=1S/C14H20N4O4/c1-14(2,3)22-13(19)16-12-8-10(6-7-17(4)5)11(9-15-12)18(20)21/h6-9H,1-5H3,(H,15,16,19)/b7-6+. The molecule has 0 aliphatic carbocycles. The first-order chi connectivity index (χ1) is 10.1. The Morgan fingerprint density at radius 2 is 2.09 bits per heavy atom. The Bertz CT molecular complexity index is 591. The molecular formula is C14H20N4O4. The lowest BCUT2D eigenvalue weighted by Crippen LogP contribution is -2.27. The van der Waals surface area contributed by atoms with Crippen molar-refractivity contribution in [2.75, 3.05) is 19.4 Å². The zero-order valence-electron chi connectivity index (χ0n) is 13.3. The van der Waals surface area contributed by atoms with Crippen LogP contribution >= 0.6 is 0 Å². The molecule has 8 heteroatoms. The Morgan fingerprint density at radius 1 is 1.45 bits per heavy atom. The predicted octanol–water partition coefficient (Wildman–Crippen LogP) is 2.87. The van der Waals surface area contributed by atoms with Crippen molar-refractivity contribution < 1.29 is 14.5 Å². The first-order valence-corrected chi connectivity index (χ1v) is 6.57. The number of nitro groups is 1. The fraction of sp³-hybridized carbons (Fsp3) is 0.429. The largest absolute Gasteiger partial charge is 0.444 e. The molecule has 1 amide bonds. The third-order valence-corrected chi connectivity index (χ3v) is 2.29. The normalized spacial score (nSPS) is 11.3. The molecule has 120 valence electrons. The van der Waals surface area contributed by atoms with Crippen molar-refractivity contribution in [3.63, 3.8) is 0 Å². The number of hydrogen-bond acceptors (Lipinski definition) is 6. The number of pyridine rings is 1. The van der Waals surface area contributed by atoms with Crippen molar-refractivity contribution in [3.05, 3.63) is 34.1 Å². The van der Waals surface area contributed by atoms with E-state index in [9.17, 15) is 14.9 Å². The number of anilines is 1. The minimum Gasteiger partial charge on any atom is -0.444 e. The van der Waals surface area contributed by atoms with E-state index in [1.54, 1.807) is 52.0 Å². The molecule has 0 aliphatic rings. The van der Waals surface area contributed by atoms with Gasteiger partial charge in [-0.3, -0.25) is 15.4 Å². The Balaban J connectivity index is 3.01. The van der Waals surface area contributed by atoms with E-state index in [1.165, 1.54) is 6.07 Å². The van der Waals surface area contributed by atoms with Crippen LogP contribution in [0.3, 0.4) is 0 Å². The Morgan fingerprint density at radius 3 is 2.59 bits per heavy atom. The summed E-state index contributed by atoms with van der Waals surface area (Å²) in [5, 5.41) is 13.4. The van der Waals surface area contributed by atoms with Gasteiger partial charge in [0.1, 0.15) is 17.6 Å². The number of carbonyl (C=O) groups excluding carboxylic acids is 1. The number of hydrogen-bond donors (Lipinski definition) is 1. The zero-order valence-corrected chi connectivity index (χ0v) is 13.3. The van der Waals surface area contributed by atoms with Crippen LogP contribution in [-0.4, -0.2) is 40.6 Å². The molecule has 8 nitrogen and oxygen atoms in total. The second-order valence-corrected chi connectivity index (χ2v) is 5.79. The SMILES string of the molecule is CN(C)/C=C/c1cc(NC(=O)OC(C)(C)C)ncc1[N+](=O)[O-]. The summed E-state index contributed by atoms with van der Waals surface area (Å²) in [7, 11) is 3.59. The smallest absolute Gasteiger partial charge is 0.413 e. The second-order valence-electron chi connectivity index (χ2n) is 5.79. The maximum Gasteiger partial charge on any atom is 0.413 e. The van der Waals surface area contributed by atoms with E-state index >= 15 is 0 Å². The molecule has 0 aliphatic heterocycles. The summed E-state index contributed by atoms with van der Waals surface area (Å²) in [5.74, 6) is 0.179. The van der Waals surface area contributed by atoms with Crippen LogP contribution in [0.25, 0.3) is 6.08 Å². The first kappa shape index (κ1) is 17.4. The summed E-state index contributed by atoms with van der Waals surface area (Å²) in [6.07, 6.45) is 3.67. The zero-order chi connectivity index (χ0) is 16.9. The Kier molecular flexibility index (Phi) is 5.44. The van der Waals surface area contributed by atoms with E-state index in [2.05, 4.69) is 10.3 Å². The second kappa shape index (κ2) is 6.88. The van der Waals surface area contributed by atoms with Gasteiger partial charge < -0.3 is 9.64 Å². The van der Waals surface area contributed by atoms with Crippen molar-refractivity contribution >= 4 is 23.7 Å². The summed E-state index contributed by atoms with van der Waals surface area (Å²) < 4.78 is 5.11. The first-order valence-electron chi connectivity index (χ1n) is 6.57. The number of rotatable bonds is 4. The number of amides is 1. The molecule has 0 bridgehead atoms. The highest BCUT2D eigenvalue weighted by atomic mass is 16.6. The van der Waals surface area contributed by atoms with Crippen molar-refractivity contribution in [3.8, 4) is 0 Å². The quantitative estimate of drug-likeness (QED) is 0.678. The molecular weight excluding hydrogens is 288 g/mol. The highest BCUT2D eigenvalue weighted by Gasteiger charge is 2.18. The maximum absolute atomic E-state index is 11.7. The van der Waals surface area contributed by atoms with Crippen molar-refractivity contribution in [1.82, 2.24) is 9.88 Å². The third kappa shape index (κ3) is 5.78. The highest BCUT2D eigenvalue weighted by Crippen LogP contribution is 2.22. The lowest BCUT2D eigenvalue weighted by atomic mass is 10.2. The van der Waals surface area contributed by atoms with Crippen LogP contribution in [0.5, 0.6) is 0 Å². The molecule has 0 unspecified atom stereocenters. The van der Waals surface area contributed by atoms with Crippen LogP contribution < -0.4 is 5.32 Å². The van der Waals surface area contributed by atoms with Crippen LogP contribution in [-0.2, 0) is 4.74 Å². The minimum atomic E-state index is -0.670. The fourth-order valence-corrected chi connectivity index (χ4v) is 1.46. The number of ether oxygens (including phenoxy) is 1. The van der Waals surface area contributed by atoms with Crippen LogP contribution in [0.1, 0.15) is 26.3 Å². The van der Waals surface area contributed by atoms with Gasteiger partial charge in [-0.2, -0.15) is 0 Å². The number of aromatic nitrogens is 1. The molecule has 1 aromatic heterocycles. The molecule has 0 saturated heterocycles. The lowest BCUT2D eigenvalue weighted by Gasteiger charge is -2.19. The molecule has 0 spiro atoms. The van der Waals surface area contributed by atoms with Crippen molar-refractivity contribution in [2.24, 2.45) is 0 Å². The summed E-state index contributed by atoms with van der Waals surface area (Å²) in [6, 6.07) is 1.42. The van der Waals surface area contributed by atoms with Gasteiger partial charge in [-0.15, -0.1) is 0 Å². The molecule has 1 aromatic rings. The Hall–Kier alpha value is -2.64. The highest BCUT2D eigenvalue weighted by molar-refractivity contribution is 5.84. The molecule has 0 aromatic carbocycles. The predicted molar refractivity (Wildman–Crippen MR) is 83.5 cm³/mol. The van der Waals surface area contributed by atoms with Crippen LogP contribution in [0.4, 0.5) is 16.3 Å². The number of carbonyl (C=O) groups is 1. The summed E-state index contributed by atoms with van der Waals surface area (Å²) >= 11 is 0. The lowest BCUT2D eigenvalue weighted by molar-refractivity contribution is -0.385. The fourth-order valence-electron chi connectivity index (χ4n) is 1.46. The van der Waals surface area contributed by atoms with Crippen LogP contribution in [0.2, 0.25) is 0 Å². The van der Waals surface area contributed by atoms with E-state index in [0.29, 0.717) is 5.56 Å². The van der Waals surface area contributed by atoms with E-state index in [4.69, 9.17) is 4.74 Å². The molecule has 0 fully saturated rings. The average Bonchev–Trinajstić information content (AvgIpc) is 2.33. The average molecular weight is 308 g/mol. The van der Waals surface area contributed by atoms with Crippen LogP contribution in [0.15, 0.2) is 18.5 Å². The molecule has 1 N–H and O–H groups in total. The van der Waals surface area contributed by atoms with Crippen molar-refractivity contribution in [1.29, 1.82) is 0 Å². The molecule has 22 heavy (non-hydrogen) atoms. The van der Waals surface area contributed by atoms with E-state index in [-0.39, 0.29) is 11.5 Å². The molecule has 0 radical (unpaired) electrons. The monoisotopic (exact) mass is 308 g/mol. The molecule has 1 heterocycles. The van der Waals surface area contributed by atoms with Crippen LogP contribution in [0, 0.1) is 10.1 Å². The summed E-state index contributed by atoms with van der Waals surface area (Å²) in [5.41, 5.74) is -0.453. The molecule has 1 rings (SSSR count). The third-order valence-electron chi connectivity index (χ3n) is 2.29. The number of nitrogens with zero attached hydrogens (tertiary/aromatic N) is 3. The summed E-state index contributed by atoms with van der Waals surface area (Å²) in [6.45, 7) is 5.21. The minimum absolute atomic E-state index is 0.146. The van der Waals surface area contributed by atoms with Gasteiger partial charge in [0.2, 0.25) is 0 Å². The number of nitrogens with one attached hydrogen (secondary N) is 1. The van der Waals surface area contributed by atoms with Gasteiger partial charge in [-0.25, -0.2) is 9.78 Å². The van der Waals surface area contributed by atoms with Gasteiger partial charge in [-0.05, 0) is 39.1 Å². The Labute approximate surface area is 128 Å². The summed E-state index contributed by atoms with van der Waals surface area (Å²) in [4.78, 5) is 27.8. The molecule has 0 saturated carbocycles. The van der Waals surface area contributed by atoms with Gasteiger partial charge in [0, 0.05) is 14.1 Å². The van der Waals surface area contributed by atoms with Crippen molar-refractivity contribution in [2.45, 2.75) is 26.4 Å². The van der Waals surface area contributed by atoms with Gasteiger partial charge in [-0.1, -0.05) is 0 Å². The van der Waals surface area contributed by atoms with Gasteiger partial charge >= 0.3 is 6.09 Å². The van der Waals surface area contributed by atoms with Gasteiger partial charge in [0.15, 0.2) is 0 Å². The topological polar surface area (TPSA) is 97.6 Å². The maximum atomic E-state index is 11.7. The van der Waals surface area contributed by atoms with E-state index in [0.717, 1.165) is 6.20 Å². The van der Waals surface area contributed by atoms with E-state index < -0.39 is 16.6 Å². The van der Waals surface area contributed by atoms with Gasteiger partial charge in [0.25, 0.3) is 5.69 Å². The van der Waals surface area contributed by atoms with Gasteiger partial charge in [0.05, 0.1) is 10.5 Å². The van der Waals surface area contributed by atoms with E-state index in [1.807, 2.05) is 0 Å². The molecule has 0 atom stereocenters.